The average molecular weight is 424 g/mol. The number of carbonyl (C=O) groups is 2. The van der Waals surface area contributed by atoms with Gasteiger partial charge in [-0.15, -0.1) is 11.3 Å². The lowest BCUT2D eigenvalue weighted by atomic mass is 10.1. The van der Waals surface area contributed by atoms with Gasteiger partial charge in [0.1, 0.15) is 6.54 Å². The summed E-state index contributed by atoms with van der Waals surface area (Å²) in [4.78, 5) is 32.0. The first-order valence-corrected chi connectivity index (χ1v) is 9.88. The van der Waals surface area contributed by atoms with Gasteiger partial charge >= 0.3 is 0 Å². The number of thiazole rings is 1. The Morgan fingerprint density at radius 3 is 2.68 bits per heavy atom. The minimum Gasteiger partial charge on any atom is -0.329 e. The van der Waals surface area contributed by atoms with E-state index >= 15 is 0 Å². The molecule has 2 rings (SSSR count). The van der Waals surface area contributed by atoms with Gasteiger partial charge in [-0.1, -0.05) is 31.9 Å². The summed E-state index contributed by atoms with van der Waals surface area (Å²) in [6.45, 7) is 4.61. The molecule has 0 saturated carbocycles. The zero-order valence-electron chi connectivity index (χ0n) is 14.4. The molecule has 134 valence electrons. The Hall–Kier alpha value is -1.73. The fraction of sp³-hybridized carbons (Fsp3) is 0.389. The molecule has 1 aromatic heterocycles. The van der Waals surface area contributed by atoms with Crippen LogP contribution in [-0.4, -0.2) is 34.8 Å². The molecule has 1 heterocycles. The lowest BCUT2D eigenvalue weighted by Crippen LogP contribution is -2.38. The van der Waals surface area contributed by atoms with Crippen LogP contribution in [0.15, 0.2) is 34.9 Å². The molecule has 5 nitrogen and oxygen atoms in total. The fourth-order valence-electron chi connectivity index (χ4n) is 2.35. The molecular formula is C18H22BrN3O2S. The number of unbranched alkanes of at least 4 members (excludes halogenated alkanes) is 2. The van der Waals surface area contributed by atoms with E-state index in [0.717, 1.165) is 28.6 Å². The summed E-state index contributed by atoms with van der Waals surface area (Å²) in [5.74, 6) is -0.375. The van der Waals surface area contributed by atoms with Crippen LogP contribution in [0.5, 0.6) is 0 Å². The van der Waals surface area contributed by atoms with Crippen molar-refractivity contribution in [2.24, 2.45) is 0 Å². The van der Waals surface area contributed by atoms with Crippen molar-refractivity contribution in [3.05, 3.63) is 45.4 Å². The van der Waals surface area contributed by atoms with Crippen LogP contribution in [0.4, 0.5) is 5.13 Å². The van der Waals surface area contributed by atoms with Crippen LogP contribution in [0.3, 0.4) is 0 Å². The van der Waals surface area contributed by atoms with Gasteiger partial charge in [0.05, 0.1) is 5.56 Å². The lowest BCUT2D eigenvalue weighted by molar-refractivity contribution is -0.116. The van der Waals surface area contributed by atoms with E-state index < -0.39 is 0 Å². The number of amides is 2. The number of hydrogen-bond acceptors (Lipinski definition) is 4. The summed E-state index contributed by atoms with van der Waals surface area (Å²) in [6.07, 6.45) is 4.66. The zero-order chi connectivity index (χ0) is 18.2. The lowest BCUT2D eigenvalue weighted by Gasteiger charge is -2.22. The van der Waals surface area contributed by atoms with E-state index in [1.807, 2.05) is 25.1 Å². The molecule has 0 fully saturated rings. The molecule has 1 aromatic carbocycles. The van der Waals surface area contributed by atoms with E-state index in [2.05, 4.69) is 33.2 Å². The van der Waals surface area contributed by atoms with E-state index in [0.29, 0.717) is 17.2 Å². The predicted molar refractivity (Wildman–Crippen MR) is 105 cm³/mol. The molecular weight excluding hydrogens is 402 g/mol. The van der Waals surface area contributed by atoms with Crippen molar-refractivity contribution in [2.45, 2.75) is 33.1 Å². The molecule has 0 aliphatic heterocycles. The summed E-state index contributed by atoms with van der Waals surface area (Å²) in [7, 11) is 0. The largest absolute Gasteiger partial charge is 0.329 e. The number of benzene rings is 1. The van der Waals surface area contributed by atoms with Gasteiger partial charge in [0, 0.05) is 22.1 Å². The summed E-state index contributed by atoms with van der Waals surface area (Å²) in [5.41, 5.74) is 0.567. The van der Waals surface area contributed by atoms with Crippen molar-refractivity contribution in [1.82, 2.24) is 9.88 Å². The summed E-state index contributed by atoms with van der Waals surface area (Å²) >= 11 is 4.83. The van der Waals surface area contributed by atoms with Crippen LogP contribution in [0.25, 0.3) is 0 Å². The van der Waals surface area contributed by atoms with Gasteiger partial charge in [-0.2, -0.15) is 0 Å². The van der Waals surface area contributed by atoms with Crippen molar-refractivity contribution in [1.29, 1.82) is 0 Å². The third kappa shape index (κ3) is 5.93. The van der Waals surface area contributed by atoms with Crippen molar-refractivity contribution in [3.8, 4) is 0 Å². The van der Waals surface area contributed by atoms with Crippen LogP contribution in [-0.2, 0) is 4.79 Å². The molecule has 0 spiro atoms. The highest BCUT2D eigenvalue weighted by atomic mass is 79.9. The van der Waals surface area contributed by atoms with Crippen LogP contribution in [0.2, 0.25) is 0 Å². The minimum absolute atomic E-state index is 0.0164. The molecule has 0 radical (unpaired) electrons. The molecule has 0 atom stereocenters. The van der Waals surface area contributed by atoms with Gasteiger partial charge in [0.2, 0.25) is 5.91 Å². The quantitative estimate of drug-likeness (QED) is 0.636. The Balaban J connectivity index is 2.07. The first kappa shape index (κ1) is 19.6. The molecule has 0 saturated heterocycles. The van der Waals surface area contributed by atoms with Crippen LogP contribution < -0.4 is 5.32 Å². The van der Waals surface area contributed by atoms with Crippen molar-refractivity contribution >= 4 is 44.2 Å². The first-order chi connectivity index (χ1) is 12.0. The minimum atomic E-state index is -0.230. The smallest absolute Gasteiger partial charge is 0.255 e. The van der Waals surface area contributed by atoms with E-state index in [9.17, 15) is 9.59 Å². The van der Waals surface area contributed by atoms with E-state index in [4.69, 9.17) is 0 Å². The standard InChI is InChI=1S/C18H22BrN3O2S/c1-3-4-7-10-22(17(24)14-8-5-6-9-15(14)19)12-16(23)21-18-20-11-13(2)25-18/h5-6,8-9,11H,3-4,7,10,12H2,1-2H3,(H,20,21,23). The molecule has 7 heteroatoms. The van der Waals surface area contributed by atoms with Crippen molar-refractivity contribution in [3.63, 3.8) is 0 Å². The fourth-order valence-corrected chi connectivity index (χ4v) is 3.49. The number of rotatable bonds is 8. The molecule has 0 aliphatic rings. The number of aromatic nitrogens is 1. The number of carbonyl (C=O) groups excluding carboxylic acids is 2. The molecule has 0 unspecified atom stereocenters. The Labute approximate surface area is 160 Å². The highest BCUT2D eigenvalue weighted by molar-refractivity contribution is 9.10. The molecule has 1 N–H and O–H groups in total. The molecule has 0 aliphatic carbocycles. The molecule has 2 aromatic rings. The topological polar surface area (TPSA) is 62.3 Å². The summed E-state index contributed by atoms with van der Waals surface area (Å²) in [6, 6.07) is 7.28. The highest BCUT2D eigenvalue weighted by Crippen LogP contribution is 2.19. The predicted octanol–water partition coefficient (Wildman–Crippen LogP) is 4.49. The number of anilines is 1. The highest BCUT2D eigenvalue weighted by Gasteiger charge is 2.20. The van der Waals surface area contributed by atoms with Gasteiger partial charge in [-0.05, 0) is 41.4 Å². The average Bonchev–Trinajstić information content (AvgIpc) is 2.98. The van der Waals surface area contributed by atoms with Crippen molar-refractivity contribution < 1.29 is 9.59 Å². The number of nitrogens with one attached hydrogen (secondary N) is 1. The molecule has 0 bridgehead atoms. The third-order valence-corrected chi connectivity index (χ3v) is 5.14. The second kappa shape index (κ2) is 9.68. The number of hydrogen-bond donors (Lipinski definition) is 1. The van der Waals surface area contributed by atoms with Crippen LogP contribution >= 0.6 is 27.3 Å². The number of halogens is 1. The Kier molecular flexibility index (Phi) is 7.58. The van der Waals surface area contributed by atoms with E-state index in [1.54, 1.807) is 17.2 Å². The van der Waals surface area contributed by atoms with Crippen LogP contribution in [0, 0.1) is 6.92 Å². The van der Waals surface area contributed by atoms with Crippen molar-refractivity contribution in [2.75, 3.05) is 18.4 Å². The van der Waals surface area contributed by atoms with E-state index in [-0.39, 0.29) is 18.4 Å². The molecule has 2 amide bonds. The van der Waals surface area contributed by atoms with Gasteiger partial charge in [0.15, 0.2) is 5.13 Å². The number of aryl methyl sites for hydroxylation is 1. The van der Waals surface area contributed by atoms with Gasteiger partial charge in [0.25, 0.3) is 5.91 Å². The second-order valence-electron chi connectivity index (χ2n) is 5.74. The van der Waals surface area contributed by atoms with E-state index in [1.165, 1.54) is 11.3 Å². The summed E-state index contributed by atoms with van der Waals surface area (Å²) < 4.78 is 0.733. The van der Waals surface area contributed by atoms with Crippen LogP contribution in [0.1, 0.15) is 41.4 Å². The van der Waals surface area contributed by atoms with Gasteiger partial charge < -0.3 is 10.2 Å². The maximum atomic E-state index is 12.9. The zero-order valence-corrected chi connectivity index (χ0v) is 16.8. The van der Waals surface area contributed by atoms with Gasteiger partial charge in [-0.3, -0.25) is 9.59 Å². The Morgan fingerprint density at radius 2 is 2.04 bits per heavy atom. The summed E-state index contributed by atoms with van der Waals surface area (Å²) in [5, 5.41) is 3.33. The molecule has 25 heavy (non-hydrogen) atoms. The second-order valence-corrected chi connectivity index (χ2v) is 7.83. The van der Waals surface area contributed by atoms with Gasteiger partial charge in [-0.25, -0.2) is 4.98 Å². The Bertz CT molecular complexity index is 733. The normalized spacial score (nSPS) is 10.5. The Morgan fingerprint density at radius 1 is 1.28 bits per heavy atom. The third-order valence-electron chi connectivity index (χ3n) is 3.63. The monoisotopic (exact) mass is 423 g/mol. The first-order valence-electron chi connectivity index (χ1n) is 8.27. The SMILES string of the molecule is CCCCCN(CC(=O)Nc1ncc(C)s1)C(=O)c1ccccc1Br. The maximum absolute atomic E-state index is 12.9. The number of nitrogens with zero attached hydrogens (tertiary/aromatic N) is 2. The maximum Gasteiger partial charge on any atom is 0.255 e.